The Morgan fingerprint density at radius 2 is 1.89 bits per heavy atom. The summed E-state index contributed by atoms with van der Waals surface area (Å²) < 4.78 is 0. The van der Waals surface area contributed by atoms with Crippen LogP contribution in [0.25, 0.3) is 0 Å². The quantitative estimate of drug-likeness (QED) is 0.654. The minimum atomic E-state index is 0.00376. The van der Waals surface area contributed by atoms with Gasteiger partial charge in [-0.2, -0.15) is 0 Å². The number of benzene rings is 1. The van der Waals surface area contributed by atoms with Crippen molar-refractivity contribution in [2.45, 2.75) is 40.0 Å². The molecule has 0 radical (unpaired) electrons. The van der Waals surface area contributed by atoms with Crippen LogP contribution in [0.1, 0.15) is 38.8 Å². The van der Waals surface area contributed by atoms with E-state index < -0.39 is 0 Å². The summed E-state index contributed by atoms with van der Waals surface area (Å²) in [6.07, 6.45) is 0. The Kier molecular flexibility index (Phi) is 5.40. The molecule has 3 heteroatoms. The molecule has 19 heavy (non-hydrogen) atoms. The summed E-state index contributed by atoms with van der Waals surface area (Å²) in [5.41, 5.74) is 8.63. The lowest BCUT2D eigenvalue weighted by Crippen LogP contribution is -2.38. The SMILES string of the molecule is CCN(CC)C(N)=NCC(C)(C)c1cccc(C)c1. The molecule has 0 aliphatic heterocycles. The van der Waals surface area contributed by atoms with Crippen LogP contribution in [-0.2, 0) is 5.41 Å². The Morgan fingerprint density at radius 3 is 2.42 bits per heavy atom. The molecule has 3 nitrogen and oxygen atoms in total. The zero-order valence-electron chi connectivity index (χ0n) is 12.9. The first kappa shape index (κ1) is 15.5. The Hall–Kier alpha value is -1.51. The van der Waals surface area contributed by atoms with Gasteiger partial charge in [-0.1, -0.05) is 43.7 Å². The topological polar surface area (TPSA) is 41.6 Å². The van der Waals surface area contributed by atoms with Crippen molar-refractivity contribution in [2.75, 3.05) is 19.6 Å². The molecule has 0 aliphatic rings. The molecule has 0 aliphatic carbocycles. The van der Waals surface area contributed by atoms with Crippen LogP contribution in [-0.4, -0.2) is 30.5 Å². The van der Waals surface area contributed by atoms with Gasteiger partial charge in [0.25, 0.3) is 0 Å². The summed E-state index contributed by atoms with van der Waals surface area (Å²) >= 11 is 0. The standard InChI is InChI=1S/C16H27N3/c1-6-19(7-2)15(17)18-12-16(4,5)14-10-8-9-13(3)11-14/h8-11H,6-7,12H2,1-5H3,(H2,17,18). The van der Waals surface area contributed by atoms with Crippen LogP contribution < -0.4 is 5.73 Å². The van der Waals surface area contributed by atoms with Gasteiger partial charge >= 0.3 is 0 Å². The van der Waals surface area contributed by atoms with Gasteiger partial charge in [0.05, 0.1) is 6.54 Å². The summed E-state index contributed by atoms with van der Waals surface area (Å²) in [6, 6.07) is 8.61. The van der Waals surface area contributed by atoms with E-state index in [0.29, 0.717) is 12.5 Å². The monoisotopic (exact) mass is 261 g/mol. The second-order valence-electron chi connectivity index (χ2n) is 5.60. The minimum absolute atomic E-state index is 0.00376. The van der Waals surface area contributed by atoms with E-state index in [1.165, 1.54) is 11.1 Å². The zero-order valence-corrected chi connectivity index (χ0v) is 12.9. The van der Waals surface area contributed by atoms with E-state index in [2.05, 4.69) is 68.8 Å². The third-order valence-corrected chi connectivity index (χ3v) is 3.52. The predicted octanol–water partition coefficient (Wildman–Crippen LogP) is 2.93. The molecule has 0 spiro atoms. The van der Waals surface area contributed by atoms with Crippen molar-refractivity contribution in [3.05, 3.63) is 35.4 Å². The van der Waals surface area contributed by atoms with Gasteiger partial charge in [-0.15, -0.1) is 0 Å². The smallest absolute Gasteiger partial charge is 0.191 e. The van der Waals surface area contributed by atoms with Gasteiger partial charge in [0, 0.05) is 18.5 Å². The Morgan fingerprint density at radius 1 is 1.26 bits per heavy atom. The Labute approximate surface area is 117 Å². The average molecular weight is 261 g/mol. The summed E-state index contributed by atoms with van der Waals surface area (Å²) in [7, 11) is 0. The molecular formula is C16H27N3. The fraction of sp³-hybridized carbons (Fsp3) is 0.562. The number of guanidine groups is 1. The van der Waals surface area contributed by atoms with Gasteiger partial charge < -0.3 is 10.6 Å². The molecule has 0 amide bonds. The first-order chi connectivity index (χ1) is 8.90. The number of nitrogens with two attached hydrogens (primary N) is 1. The Balaban J connectivity index is 2.82. The normalized spacial score (nSPS) is 12.6. The zero-order chi connectivity index (χ0) is 14.5. The van der Waals surface area contributed by atoms with Crippen LogP contribution >= 0.6 is 0 Å². The van der Waals surface area contributed by atoms with Gasteiger partial charge in [-0.25, -0.2) is 0 Å². The molecular weight excluding hydrogens is 234 g/mol. The summed E-state index contributed by atoms with van der Waals surface area (Å²) in [5, 5.41) is 0. The maximum Gasteiger partial charge on any atom is 0.191 e. The van der Waals surface area contributed by atoms with Crippen LogP contribution in [0.15, 0.2) is 29.3 Å². The molecule has 1 aromatic rings. The average Bonchev–Trinajstić information content (AvgIpc) is 2.38. The largest absolute Gasteiger partial charge is 0.370 e. The molecule has 0 saturated carbocycles. The lowest BCUT2D eigenvalue weighted by molar-refractivity contribution is 0.451. The molecule has 0 saturated heterocycles. The van der Waals surface area contributed by atoms with Gasteiger partial charge in [-0.05, 0) is 26.3 Å². The number of rotatable bonds is 5. The van der Waals surface area contributed by atoms with Crippen molar-refractivity contribution < 1.29 is 0 Å². The highest BCUT2D eigenvalue weighted by molar-refractivity contribution is 5.78. The molecule has 0 heterocycles. The number of aliphatic imine (C=N–C) groups is 1. The van der Waals surface area contributed by atoms with Gasteiger partial charge in [0.15, 0.2) is 5.96 Å². The van der Waals surface area contributed by atoms with Crippen LogP contribution in [0.4, 0.5) is 0 Å². The number of aryl methyl sites for hydroxylation is 1. The molecule has 1 aromatic carbocycles. The van der Waals surface area contributed by atoms with Crippen molar-refractivity contribution >= 4 is 5.96 Å². The van der Waals surface area contributed by atoms with Gasteiger partial charge in [0.1, 0.15) is 0 Å². The summed E-state index contributed by atoms with van der Waals surface area (Å²) in [6.45, 7) is 13.2. The third-order valence-electron chi connectivity index (χ3n) is 3.52. The molecule has 0 fully saturated rings. The third kappa shape index (κ3) is 4.27. The van der Waals surface area contributed by atoms with Gasteiger partial charge in [0.2, 0.25) is 0 Å². The second kappa shape index (κ2) is 6.60. The summed E-state index contributed by atoms with van der Waals surface area (Å²) in [5.74, 6) is 0.644. The van der Waals surface area contributed by atoms with Crippen LogP contribution in [0.2, 0.25) is 0 Å². The molecule has 0 bridgehead atoms. The number of hydrogen-bond acceptors (Lipinski definition) is 1. The van der Waals surface area contributed by atoms with Crippen LogP contribution in [0.3, 0.4) is 0 Å². The van der Waals surface area contributed by atoms with Crippen molar-refractivity contribution in [1.82, 2.24) is 4.90 Å². The highest BCUT2D eigenvalue weighted by Crippen LogP contribution is 2.24. The van der Waals surface area contributed by atoms with E-state index in [1.807, 2.05) is 0 Å². The maximum atomic E-state index is 6.03. The van der Waals surface area contributed by atoms with Gasteiger partial charge in [-0.3, -0.25) is 4.99 Å². The van der Waals surface area contributed by atoms with E-state index >= 15 is 0 Å². The summed E-state index contributed by atoms with van der Waals surface area (Å²) in [4.78, 5) is 6.64. The maximum absolute atomic E-state index is 6.03. The first-order valence-corrected chi connectivity index (χ1v) is 7.02. The molecule has 0 atom stereocenters. The fourth-order valence-corrected chi connectivity index (χ4v) is 2.08. The van der Waals surface area contributed by atoms with E-state index in [0.717, 1.165) is 13.1 Å². The highest BCUT2D eigenvalue weighted by atomic mass is 15.2. The Bertz CT molecular complexity index is 431. The lowest BCUT2D eigenvalue weighted by Gasteiger charge is -2.25. The highest BCUT2D eigenvalue weighted by Gasteiger charge is 2.20. The van der Waals surface area contributed by atoms with Crippen molar-refractivity contribution in [1.29, 1.82) is 0 Å². The second-order valence-corrected chi connectivity index (χ2v) is 5.60. The van der Waals surface area contributed by atoms with E-state index in [9.17, 15) is 0 Å². The first-order valence-electron chi connectivity index (χ1n) is 7.02. The van der Waals surface area contributed by atoms with Crippen molar-refractivity contribution in [2.24, 2.45) is 10.7 Å². The fourth-order valence-electron chi connectivity index (χ4n) is 2.08. The van der Waals surface area contributed by atoms with Crippen molar-refractivity contribution in [3.8, 4) is 0 Å². The molecule has 106 valence electrons. The molecule has 0 unspecified atom stereocenters. The van der Waals surface area contributed by atoms with Crippen molar-refractivity contribution in [3.63, 3.8) is 0 Å². The number of hydrogen-bond donors (Lipinski definition) is 1. The van der Waals surface area contributed by atoms with E-state index in [4.69, 9.17) is 5.73 Å². The molecule has 2 N–H and O–H groups in total. The minimum Gasteiger partial charge on any atom is -0.370 e. The van der Waals surface area contributed by atoms with E-state index in [1.54, 1.807) is 0 Å². The lowest BCUT2D eigenvalue weighted by atomic mass is 9.84. The number of nitrogens with zero attached hydrogens (tertiary/aromatic N) is 2. The predicted molar refractivity (Wildman–Crippen MR) is 83.6 cm³/mol. The van der Waals surface area contributed by atoms with Crippen LogP contribution in [0.5, 0.6) is 0 Å². The molecule has 1 rings (SSSR count). The molecule has 0 aromatic heterocycles. The van der Waals surface area contributed by atoms with E-state index in [-0.39, 0.29) is 5.41 Å². The van der Waals surface area contributed by atoms with Crippen LogP contribution in [0, 0.1) is 6.92 Å².